The van der Waals surface area contributed by atoms with Gasteiger partial charge in [-0.1, -0.05) is 0 Å². The van der Waals surface area contributed by atoms with Crippen LogP contribution in [0.4, 0.5) is 0 Å². The molecule has 0 N–H and O–H groups in total. The summed E-state index contributed by atoms with van der Waals surface area (Å²) in [5.74, 6) is 0.341. The fourth-order valence-electron chi connectivity index (χ4n) is 0.844. The number of hydrogen-bond donors (Lipinski definition) is 0. The largest absolute Gasteiger partial charge is 0.474 e. The third-order valence-corrected chi connectivity index (χ3v) is 1.90. The molecule has 0 aliphatic carbocycles. The van der Waals surface area contributed by atoms with E-state index in [4.69, 9.17) is 14.7 Å². The Morgan fingerprint density at radius 1 is 1.57 bits per heavy atom. The van der Waals surface area contributed by atoms with E-state index in [-0.39, 0.29) is 0 Å². The zero-order valence-electron chi connectivity index (χ0n) is 7.66. The molecule has 1 aromatic rings. The average molecular weight is 257 g/mol. The van der Waals surface area contributed by atoms with Crippen molar-refractivity contribution >= 4 is 15.9 Å². The lowest BCUT2D eigenvalue weighted by molar-refractivity contribution is 0.143. The van der Waals surface area contributed by atoms with Gasteiger partial charge in [0.25, 0.3) is 0 Å². The van der Waals surface area contributed by atoms with Crippen molar-refractivity contribution in [3.8, 4) is 11.9 Å². The minimum absolute atomic E-state index is 0.341. The summed E-state index contributed by atoms with van der Waals surface area (Å²) in [6.07, 6.45) is 1.59. The second kappa shape index (κ2) is 5.58. The Bertz CT molecular complexity index is 349. The smallest absolute Gasteiger partial charge is 0.231 e. The van der Waals surface area contributed by atoms with Crippen LogP contribution in [0, 0.1) is 11.3 Å². The van der Waals surface area contributed by atoms with Crippen molar-refractivity contribution in [2.75, 3.05) is 20.3 Å². The molecule has 0 aliphatic rings. The number of methoxy groups -OCH3 is 1. The second-order valence-corrected chi connectivity index (χ2v) is 3.37. The Kier molecular flexibility index (Phi) is 4.36. The summed E-state index contributed by atoms with van der Waals surface area (Å²) < 4.78 is 10.8. The van der Waals surface area contributed by atoms with E-state index in [1.807, 2.05) is 6.07 Å². The van der Waals surface area contributed by atoms with Crippen LogP contribution < -0.4 is 4.74 Å². The molecule has 0 atom stereocenters. The fourth-order valence-corrected chi connectivity index (χ4v) is 1.17. The molecular formula is C9H9BrN2O2. The Hall–Kier alpha value is -1.12. The van der Waals surface area contributed by atoms with Gasteiger partial charge in [0.2, 0.25) is 5.88 Å². The predicted octanol–water partition coefficient (Wildman–Crippen LogP) is 1.74. The SMILES string of the molecule is COCCOc1ncc(Br)cc1C#N. The first-order valence-electron chi connectivity index (χ1n) is 3.95. The quantitative estimate of drug-likeness (QED) is 0.771. The first kappa shape index (κ1) is 11.0. The van der Waals surface area contributed by atoms with Crippen LogP contribution in [0.15, 0.2) is 16.7 Å². The van der Waals surface area contributed by atoms with E-state index in [1.54, 1.807) is 19.4 Å². The van der Waals surface area contributed by atoms with E-state index in [2.05, 4.69) is 20.9 Å². The standard InChI is InChI=1S/C9H9BrN2O2/c1-13-2-3-14-9-7(5-11)4-8(10)6-12-9/h4,6H,2-3H2,1H3. The highest BCUT2D eigenvalue weighted by Gasteiger charge is 2.04. The monoisotopic (exact) mass is 256 g/mol. The van der Waals surface area contributed by atoms with Crippen molar-refractivity contribution in [1.82, 2.24) is 4.98 Å². The third kappa shape index (κ3) is 2.98. The molecule has 0 radical (unpaired) electrons. The van der Waals surface area contributed by atoms with Crippen LogP contribution in [-0.4, -0.2) is 25.3 Å². The lowest BCUT2D eigenvalue weighted by Gasteiger charge is -2.05. The number of rotatable bonds is 4. The van der Waals surface area contributed by atoms with E-state index in [1.165, 1.54) is 0 Å². The molecule has 5 heteroatoms. The van der Waals surface area contributed by atoms with Gasteiger partial charge in [0.05, 0.1) is 6.61 Å². The van der Waals surface area contributed by atoms with Gasteiger partial charge in [0.15, 0.2) is 0 Å². The van der Waals surface area contributed by atoms with E-state index in [0.29, 0.717) is 24.7 Å². The molecule has 0 unspecified atom stereocenters. The summed E-state index contributed by atoms with van der Waals surface area (Å²) in [6.45, 7) is 0.864. The molecule has 0 fully saturated rings. The van der Waals surface area contributed by atoms with E-state index < -0.39 is 0 Å². The fraction of sp³-hybridized carbons (Fsp3) is 0.333. The number of ether oxygens (including phenoxy) is 2. The zero-order chi connectivity index (χ0) is 10.4. The summed E-state index contributed by atoms with van der Waals surface area (Å²) in [4.78, 5) is 3.97. The highest BCUT2D eigenvalue weighted by molar-refractivity contribution is 9.10. The molecule has 0 saturated carbocycles. The van der Waals surface area contributed by atoms with Gasteiger partial charge in [-0.3, -0.25) is 0 Å². The molecule has 0 spiro atoms. The molecule has 0 aromatic carbocycles. The Balaban J connectivity index is 2.72. The van der Waals surface area contributed by atoms with Crippen LogP contribution in [0.1, 0.15) is 5.56 Å². The average Bonchev–Trinajstić information content (AvgIpc) is 2.20. The van der Waals surface area contributed by atoms with Gasteiger partial charge in [-0.2, -0.15) is 5.26 Å². The molecule has 1 heterocycles. The summed E-state index contributed by atoms with van der Waals surface area (Å²) in [5, 5.41) is 8.78. The van der Waals surface area contributed by atoms with Crippen LogP contribution in [0.25, 0.3) is 0 Å². The molecule has 0 saturated heterocycles. The van der Waals surface area contributed by atoms with Gasteiger partial charge in [-0.15, -0.1) is 0 Å². The molecule has 0 amide bonds. The summed E-state index contributed by atoms with van der Waals surface area (Å²) in [5.41, 5.74) is 0.412. The van der Waals surface area contributed by atoms with Crippen LogP contribution in [0.5, 0.6) is 5.88 Å². The van der Waals surface area contributed by atoms with Crippen molar-refractivity contribution in [3.63, 3.8) is 0 Å². The van der Waals surface area contributed by atoms with Gasteiger partial charge in [-0.05, 0) is 22.0 Å². The topological polar surface area (TPSA) is 55.1 Å². The number of nitrogens with zero attached hydrogens (tertiary/aromatic N) is 2. The Morgan fingerprint density at radius 3 is 3.00 bits per heavy atom. The van der Waals surface area contributed by atoms with Crippen LogP contribution in [-0.2, 0) is 4.74 Å². The van der Waals surface area contributed by atoms with Crippen LogP contribution in [0.3, 0.4) is 0 Å². The van der Waals surface area contributed by atoms with Crippen LogP contribution >= 0.6 is 15.9 Å². The normalized spacial score (nSPS) is 9.50. The molecular weight excluding hydrogens is 248 g/mol. The molecule has 0 bridgehead atoms. The van der Waals surface area contributed by atoms with Crippen LogP contribution in [0.2, 0.25) is 0 Å². The number of pyridine rings is 1. The maximum absolute atomic E-state index is 8.78. The van der Waals surface area contributed by atoms with Gasteiger partial charge in [0.1, 0.15) is 18.2 Å². The first-order chi connectivity index (χ1) is 6.77. The maximum atomic E-state index is 8.78. The van der Waals surface area contributed by atoms with Gasteiger partial charge in [-0.25, -0.2) is 4.98 Å². The van der Waals surface area contributed by atoms with Crippen molar-refractivity contribution in [3.05, 3.63) is 22.3 Å². The predicted molar refractivity (Wildman–Crippen MR) is 54.0 cm³/mol. The van der Waals surface area contributed by atoms with Gasteiger partial charge >= 0.3 is 0 Å². The zero-order valence-corrected chi connectivity index (χ0v) is 9.24. The first-order valence-corrected chi connectivity index (χ1v) is 4.74. The highest BCUT2D eigenvalue weighted by Crippen LogP contribution is 2.18. The van der Waals surface area contributed by atoms with Gasteiger partial charge < -0.3 is 9.47 Å². The maximum Gasteiger partial charge on any atom is 0.231 e. The van der Waals surface area contributed by atoms with E-state index in [0.717, 1.165) is 4.47 Å². The van der Waals surface area contributed by atoms with Crippen molar-refractivity contribution in [1.29, 1.82) is 5.26 Å². The van der Waals surface area contributed by atoms with Crippen molar-refractivity contribution in [2.24, 2.45) is 0 Å². The number of aromatic nitrogens is 1. The minimum Gasteiger partial charge on any atom is -0.474 e. The second-order valence-electron chi connectivity index (χ2n) is 2.46. The van der Waals surface area contributed by atoms with Gasteiger partial charge in [0, 0.05) is 17.8 Å². The van der Waals surface area contributed by atoms with Crippen molar-refractivity contribution in [2.45, 2.75) is 0 Å². The molecule has 14 heavy (non-hydrogen) atoms. The molecule has 1 rings (SSSR count). The number of halogens is 1. The van der Waals surface area contributed by atoms with E-state index >= 15 is 0 Å². The lowest BCUT2D eigenvalue weighted by atomic mass is 10.3. The lowest BCUT2D eigenvalue weighted by Crippen LogP contribution is -2.06. The number of nitriles is 1. The highest BCUT2D eigenvalue weighted by atomic mass is 79.9. The van der Waals surface area contributed by atoms with Crippen molar-refractivity contribution < 1.29 is 9.47 Å². The number of hydrogen-bond acceptors (Lipinski definition) is 4. The summed E-state index contributed by atoms with van der Waals surface area (Å²) >= 11 is 3.23. The molecule has 74 valence electrons. The molecule has 1 aromatic heterocycles. The molecule has 4 nitrogen and oxygen atoms in total. The Labute approximate surface area is 90.6 Å². The third-order valence-electron chi connectivity index (χ3n) is 1.46. The summed E-state index contributed by atoms with van der Waals surface area (Å²) in [6, 6.07) is 3.67. The molecule has 0 aliphatic heterocycles. The Morgan fingerprint density at radius 2 is 2.36 bits per heavy atom. The van der Waals surface area contributed by atoms with E-state index in [9.17, 15) is 0 Å². The summed E-state index contributed by atoms with van der Waals surface area (Å²) in [7, 11) is 1.59. The minimum atomic E-state index is 0.341.